The zero-order valence-electron chi connectivity index (χ0n) is 15.8. The third-order valence-corrected chi connectivity index (χ3v) is 5.12. The summed E-state index contributed by atoms with van der Waals surface area (Å²) in [6.07, 6.45) is -2.92. The third kappa shape index (κ3) is 5.12. The minimum absolute atomic E-state index is 0.224. The Morgan fingerprint density at radius 2 is 1.76 bits per heavy atom. The summed E-state index contributed by atoms with van der Waals surface area (Å²) in [5, 5.41) is 4.46. The highest BCUT2D eigenvalue weighted by Crippen LogP contribution is 2.35. The zero-order valence-corrected chi connectivity index (χ0v) is 16.6. The fourth-order valence-electron chi connectivity index (χ4n) is 2.70. The molecule has 0 spiro atoms. The van der Waals surface area contributed by atoms with E-state index in [1.54, 1.807) is 17.7 Å². The van der Waals surface area contributed by atoms with Gasteiger partial charge in [0.05, 0.1) is 16.8 Å². The van der Waals surface area contributed by atoms with Gasteiger partial charge in [0.2, 0.25) is 0 Å². The van der Waals surface area contributed by atoms with Crippen molar-refractivity contribution in [2.75, 3.05) is 5.32 Å². The standard InChI is InChI=1S/C22H19F3N2OS/c1-14(2)16-9-7-15(8-10-16)13-26-21-17(11-12-29-21)20(28)27-19-6-4-3-5-18(19)22(23,24)25/h3-14H,1-2H3,(H,27,28). The first-order chi connectivity index (χ1) is 13.8. The molecule has 1 aromatic heterocycles. The molecule has 0 saturated heterocycles. The molecule has 0 fully saturated rings. The van der Waals surface area contributed by atoms with Crippen molar-refractivity contribution in [3.63, 3.8) is 0 Å². The average molecular weight is 416 g/mol. The van der Waals surface area contributed by atoms with Gasteiger partial charge in [-0.2, -0.15) is 13.2 Å². The van der Waals surface area contributed by atoms with Crippen LogP contribution in [0.4, 0.5) is 23.9 Å². The first-order valence-electron chi connectivity index (χ1n) is 8.95. The highest BCUT2D eigenvalue weighted by atomic mass is 32.1. The number of carbonyl (C=O) groups is 1. The van der Waals surface area contributed by atoms with E-state index >= 15 is 0 Å². The first kappa shape index (κ1) is 20.8. The van der Waals surface area contributed by atoms with Crippen molar-refractivity contribution in [3.05, 3.63) is 82.2 Å². The van der Waals surface area contributed by atoms with Crippen LogP contribution in [0.1, 0.15) is 46.8 Å². The van der Waals surface area contributed by atoms with E-state index in [1.165, 1.54) is 35.1 Å². The van der Waals surface area contributed by atoms with Gasteiger partial charge in [-0.05, 0) is 40.6 Å². The Morgan fingerprint density at radius 3 is 2.41 bits per heavy atom. The average Bonchev–Trinajstić information content (AvgIpc) is 3.15. The van der Waals surface area contributed by atoms with Gasteiger partial charge in [0.1, 0.15) is 5.00 Å². The summed E-state index contributed by atoms with van der Waals surface area (Å²) in [7, 11) is 0. The van der Waals surface area contributed by atoms with Crippen LogP contribution in [0.2, 0.25) is 0 Å². The number of aliphatic imine (C=N–C) groups is 1. The van der Waals surface area contributed by atoms with Gasteiger partial charge in [-0.15, -0.1) is 11.3 Å². The van der Waals surface area contributed by atoms with E-state index in [2.05, 4.69) is 24.2 Å². The van der Waals surface area contributed by atoms with Crippen LogP contribution in [-0.2, 0) is 6.18 Å². The molecule has 1 N–H and O–H groups in total. The number of carbonyl (C=O) groups excluding carboxylic acids is 1. The molecule has 0 aliphatic carbocycles. The summed E-state index contributed by atoms with van der Waals surface area (Å²) in [5.41, 5.74) is 1.13. The maximum Gasteiger partial charge on any atom is 0.418 e. The van der Waals surface area contributed by atoms with E-state index in [1.807, 2.05) is 24.3 Å². The van der Waals surface area contributed by atoms with Crippen LogP contribution in [0.5, 0.6) is 0 Å². The van der Waals surface area contributed by atoms with E-state index in [0.717, 1.165) is 11.6 Å². The summed E-state index contributed by atoms with van der Waals surface area (Å²) in [6.45, 7) is 4.22. The number of nitrogens with one attached hydrogen (secondary N) is 1. The number of hydrogen-bond donors (Lipinski definition) is 1. The van der Waals surface area contributed by atoms with Crippen molar-refractivity contribution in [1.82, 2.24) is 0 Å². The third-order valence-electron chi connectivity index (χ3n) is 4.30. The van der Waals surface area contributed by atoms with Crippen LogP contribution >= 0.6 is 11.3 Å². The van der Waals surface area contributed by atoms with Crippen LogP contribution in [0.3, 0.4) is 0 Å². The molecule has 3 aromatic rings. The van der Waals surface area contributed by atoms with E-state index in [-0.39, 0.29) is 11.3 Å². The van der Waals surface area contributed by atoms with E-state index in [9.17, 15) is 18.0 Å². The van der Waals surface area contributed by atoms with E-state index < -0.39 is 17.6 Å². The number of anilines is 1. The van der Waals surface area contributed by atoms with Crippen LogP contribution in [0, 0.1) is 0 Å². The molecule has 2 aromatic carbocycles. The molecule has 0 bridgehead atoms. The SMILES string of the molecule is CC(C)c1ccc(C=Nc2sccc2C(=O)Nc2ccccc2C(F)(F)F)cc1. The number of rotatable bonds is 5. The second-order valence-electron chi connectivity index (χ2n) is 6.72. The molecule has 150 valence electrons. The number of amides is 1. The van der Waals surface area contributed by atoms with Crippen molar-refractivity contribution in [2.24, 2.45) is 4.99 Å². The molecule has 0 aliphatic rings. The van der Waals surface area contributed by atoms with Crippen molar-refractivity contribution in [3.8, 4) is 0 Å². The molecule has 29 heavy (non-hydrogen) atoms. The fraction of sp³-hybridized carbons (Fsp3) is 0.182. The van der Waals surface area contributed by atoms with Gasteiger partial charge in [-0.3, -0.25) is 4.79 Å². The molecule has 1 heterocycles. The minimum Gasteiger partial charge on any atom is -0.321 e. The highest BCUT2D eigenvalue weighted by Gasteiger charge is 2.33. The van der Waals surface area contributed by atoms with Crippen molar-refractivity contribution in [2.45, 2.75) is 25.9 Å². The Balaban J connectivity index is 1.79. The lowest BCUT2D eigenvalue weighted by Gasteiger charge is -2.13. The highest BCUT2D eigenvalue weighted by molar-refractivity contribution is 7.14. The molecular weight excluding hydrogens is 397 g/mol. The summed E-state index contributed by atoms with van der Waals surface area (Å²) < 4.78 is 39.4. The maximum absolute atomic E-state index is 13.1. The number of nitrogens with zero attached hydrogens (tertiary/aromatic N) is 1. The second-order valence-corrected chi connectivity index (χ2v) is 7.61. The van der Waals surface area contributed by atoms with Gasteiger partial charge in [-0.1, -0.05) is 50.2 Å². The fourth-order valence-corrected chi connectivity index (χ4v) is 3.44. The van der Waals surface area contributed by atoms with E-state index in [0.29, 0.717) is 10.9 Å². The quantitative estimate of drug-likeness (QED) is 0.452. The van der Waals surface area contributed by atoms with Crippen LogP contribution in [0.25, 0.3) is 0 Å². The topological polar surface area (TPSA) is 41.5 Å². The lowest BCUT2D eigenvalue weighted by atomic mass is 10.0. The van der Waals surface area contributed by atoms with Crippen molar-refractivity contribution in [1.29, 1.82) is 0 Å². The van der Waals surface area contributed by atoms with Gasteiger partial charge in [-0.25, -0.2) is 4.99 Å². The molecule has 3 nitrogen and oxygen atoms in total. The van der Waals surface area contributed by atoms with Gasteiger partial charge in [0.25, 0.3) is 5.91 Å². The summed E-state index contributed by atoms with van der Waals surface area (Å²) in [6, 6.07) is 14.3. The molecule has 0 saturated carbocycles. The molecular formula is C22H19F3N2OS. The Kier molecular flexibility index (Phi) is 6.17. The van der Waals surface area contributed by atoms with Crippen LogP contribution < -0.4 is 5.32 Å². The molecule has 0 aliphatic heterocycles. The van der Waals surface area contributed by atoms with Crippen LogP contribution in [-0.4, -0.2) is 12.1 Å². The Morgan fingerprint density at radius 1 is 1.07 bits per heavy atom. The lowest BCUT2D eigenvalue weighted by molar-refractivity contribution is -0.136. The molecule has 1 amide bonds. The number of thiophene rings is 1. The lowest BCUT2D eigenvalue weighted by Crippen LogP contribution is -2.16. The predicted molar refractivity (Wildman–Crippen MR) is 112 cm³/mol. The maximum atomic E-state index is 13.1. The Bertz CT molecular complexity index is 1020. The molecule has 0 atom stereocenters. The molecule has 7 heteroatoms. The van der Waals surface area contributed by atoms with Gasteiger partial charge in [0, 0.05) is 6.21 Å². The first-order valence-corrected chi connectivity index (χ1v) is 9.83. The molecule has 0 unspecified atom stereocenters. The van der Waals surface area contributed by atoms with Gasteiger partial charge >= 0.3 is 6.18 Å². The van der Waals surface area contributed by atoms with Crippen molar-refractivity contribution < 1.29 is 18.0 Å². The molecule has 0 radical (unpaired) electrons. The van der Waals surface area contributed by atoms with Crippen LogP contribution in [0.15, 0.2) is 65.0 Å². The summed E-state index contributed by atoms with van der Waals surface area (Å²) >= 11 is 1.24. The van der Waals surface area contributed by atoms with Gasteiger partial charge < -0.3 is 5.32 Å². The monoisotopic (exact) mass is 416 g/mol. The zero-order chi connectivity index (χ0) is 21.0. The largest absolute Gasteiger partial charge is 0.418 e. The number of benzene rings is 2. The smallest absolute Gasteiger partial charge is 0.321 e. The van der Waals surface area contributed by atoms with Crippen molar-refractivity contribution >= 4 is 34.1 Å². The number of para-hydroxylation sites is 1. The Hall–Kier alpha value is -2.93. The van der Waals surface area contributed by atoms with Gasteiger partial charge in [0.15, 0.2) is 0 Å². The minimum atomic E-state index is -4.55. The molecule has 3 rings (SSSR count). The van der Waals surface area contributed by atoms with E-state index in [4.69, 9.17) is 0 Å². The Labute approximate surface area is 170 Å². The normalized spacial score (nSPS) is 11.9. The second kappa shape index (κ2) is 8.61. The summed E-state index contributed by atoms with van der Waals surface area (Å²) in [4.78, 5) is 16.9. The summed E-state index contributed by atoms with van der Waals surface area (Å²) in [5.74, 6) is -0.210. The number of halogens is 3. The number of alkyl halides is 3. The predicted octanol–water partition coefficient (Wildman–Crippen LogP) is 6.89. The number of hydrogen-bond acceptors (Lipinski definition) is 3.